The van der Waals surface area contributed by atoms with Crippen molar-refractivity contribution >= 4 is 11.8 Å². The van der Waals surface area contributed by atoms with E-state index in [1.54, 1.807) is 7.11 Å². The molecule has 0 amide bonds. The molecule has 0 spiro atoms. The second kappa shape index (κ2) is 6.30. The van der Waals surface area contributed by atoms with Gasteiger partial charge in [-0.2, -0.15) is 0 Å². The monoisotopic (exact) mass is 392 g/mol. The third-order valence-electron chi connectivity index (χ3n) is 8.79. The average molecular weight is 392 g/mol. The number of hydrogen-bond donors (Lipinski definition) is 1. The lowest BCUT2D eigenvalue weighted by Gasteiger charge is -2.68. The number of ketones is 1. The first-order valence-corrected chi connectivity index (χ1v) is 10.3. The summed E-state index contributed by atoms with van der Waals surface area (Å²) < 4.78 is 17.0. The number of rotatable bonds is 2. The molecule has 0 radical (unpaired) electrons. The molecule has 0 bridgehead atoms. The minimum atomic E-state index is -0.819. The highest BCUT2D eigenvalue weighted by atomic mass is 16.5. The van der Waals surface area contributed by atoms with E-state index in [-0.39, 0.29) is 47.4 Å². The number of aliphatic hydroxyl groups is 1. The van der Waals surface area contributed by atoms with Crippen molar-refractivity contribution in [1.29, 1.82) is 0 Å². The van der Waals surface area contributed by atoms with Crippen LogP contribution in [0, 0.1) is 40.4 Å². The summed E-state index contributed by atoms with van der Waals surface area (Å²) in [6.07, 6.45) is 1.26. The number of methoxy groups -OCH3 is 2. The highest BCUT2D eigenvalue weighted by molar-refractivity contribution is 5.99. The minimum absolute atomic E-state index is 0.00474. The van der Waals surface area contributed by atoms with Gasteiger partial charge in [-0.15, -0.1) is 0 Å². The molecule has 1 saturated heterocycles. The zero-order valence-electron chi connectivity index (χ0n) is 17.6. The van der Waals surface area contributed by atoms with Crippen LogP contribution in [0.25, 0.3) is 0 Å². The van der Waals surface area contributed by atoms with Crippen molar-refractivity contribution in [3.05, 3.63) is 11.8 Å². The van der Waals surface area contributed by atoms with E-state index < -0.39 is 23.0 Å². The van der Waals surface area contributed by atoms with Crippen LogP contribution in [0.3, 0.4) is 0 Å². The number of esters is 1. The van der Waals surface area contributed by atoms with Crippen molar-refractivity contribution in [2.45, 2.75) is 58.8 Å². The number of aliphatic hydroxyl groups excluding tert-OH is 1. The lowest BCUT2D eigenvalue weighted by molar-refractivity contribution is -0.280. The fourth-order valence-electron chi connectivity index (χ4n) is 7.54. The summed E-state index contributed by atoms with van der Waals surface area (Å²) in [7, 11) is 3.12. The molecule has 3 aliphatic carbocycles. The number of carbonyl (C=O) groups is 2. The molecular weight excluding hydrogens is 360 g/mol. The van der Waals surface area contributed by atoms with Crippen molar-refractivity contribution in [3.63, 3.8) is 0 Å². The van der Waals surface area contributed by atoms with E-state index >= 15 is 0 Å². The molecule has 6 heteroatoms. The van der Waals surface area contributed by atoms with Crippen molar-refractivity contribution < 1.29 is 28.9 Å². The van der Waals surface area contributed by atoms with Gasteiger partial charge in [0, 0.05) is 30.3 Å². The van der Waals surface area contributed by atoms with Crippen LogP contribution in [0.15, 0.2) is 11.8 Å². The zero-order chi connectivity index (χ0) is 20.6. The van der Waals surface area contributed by atoms with E-state index in [2.05, 4.69) is 13.8 Å². The Balaban J connectivity index is 1.93. The SMILES string of the molecule is COC1=C[C@@H](C)[C@H]2C[C@H]3OC(=O)C[C@H]4[C@@H](C)[C@H](OC)[C@@H](O)[C@H]([C@@]2(C)C1=O)[C@@]34C. The van der Waals surface area contributed by atoms with Gasteiger partial charge in [-0.1, -0.05) is 27.7 Å². The maximum absolute atomic E-state index is 13.6. The van der Waals surface area contributed by atoms with Gasteiger partial charge in [0.05, 0.1) is 19.3 Å². The molecule has 28 heavy (non-hydrogen) atoms. The van der Waals surface area contributed by atoms with E-state index in [0.29, 0.717) is 18.6 Å². The number of allylic oxidation sites excluding steroid dienone is 2. The average Bonchev–Trinajstić information content (AvgIpc) is 2.63. The predicted octanol–water partition coefficient (Wildman–Crippen LogP) is 2.34. The molecule has 156 valence electrons. The quantitative estimate of drug-likeness (QED) is 0.727. The van der Waals surface area contributed by atoms with Crippen molar-refractivity contribution in [2.24, 2.45) is 40.4 Å². The summed E-state index contributed by atoms with van der Waals surface area (Å²) in [6, 6.07) is 0. The first kappa shape index (κ1) is 19.9. The summed E-state index contributed by atoms with van der Waals surface area (Å²) in [4.78, 5) is 26.1. The van der Waals surface area contributed by atoms with Gasteiger partial charge in [0.1, 0.15) is 6.10 Å². The highest BCUT2D eigenvalue weighted by Gasteiger charge is 2.73. The van der Waals surface area contributed by atoms with Gasteiger partial charge in [-0.25, -0.2) is 0 Å². The maximum atomic E-state index is 13.6. The van der Waals surface area contributed by atoms with Crippen LogP contribution in [0.1, 0.15) is 40.5 Å². The Morgan fingerprint density at radius 1 is 1.18 bits per heavy atom. The van der Waals surface area contributed by atoms with E-state index in [0.717, 1.165) is 0 Å². The van der Waals surface area contributed by atoms with Crippen LogP contribution >= 0.6 is 0 Å². The van der Waals surface area contributed by atoms with Gasteiger partial charge in [0.15, 0.2) is 5.76 Å². The fraction of sp³-hybridized carbons (Fsp3) is 0.818. The van der Waals surface area contributed by atoms with Gasteiger partial charge in [0.25, 0.3) is 0 Å². The smallest absolute Gasteiger partial charge is 0.306 e. The molecule has 4 rings (SSSR count). The van der Waals surface area contributed by atoms with Crippen LogP contribution in [-0.4, -0.2) is 49.4 Å². The minimum Gasteiger partial charge on any atom is -0.493 e. The first-order valence-electron chi connectivity index (χ1n) is 10.3. The Morgan fingerprint density at radius 3 is 2.46 bits per heavy atom. The second-order valence-corrected chi connectivity index (χ2v) is 9.73. The molecule has 1 aliphatic heterocycles. The van der Waals surface area contributed by atoms with Crippen LogP contribution in [0.2, 0.25) is 0 Å². The van der Waals surface area contributed by atoms with Gasteiger partial charge in [0.2, 0.25) is 5.78 Å². The first-order chi connectivity index (χ1) is 13.1. The Hall–Kier alpha value is -1.40. The summed E-state index contributed by atoms with van der Waals surface area (Å²) >= 11 is 0. The predicted molar refractivity (Wildman–Crippen MR) is 101 cm³/mol. The molecule has 2 saturated carbocycles. The number of hydrogen-bond acceptors (Lipinski definition) is 6. The van der Waals surface area contributed by atoms with E-state index in [1.807, 2.05) is 19.9 Å². The Bertz CT molecular complexity index is 731. The van der Waals surface area contributed by atoms with Crippen LogP contribution in [0.5, 0.6) is 0 Å². The molecule has 3 fully saturated rings. The van der Waals surface area contributed by atoms with Gasteiger partial charge in [-0.3, -0.25) is 9.59 Å². The topological polar surface area (TPSA) is 82.1 Å². The zero-order valence-corrected chi connectivity index (χ0v) is 17.6. The van der Waals surface area contributed by atoms with Gasteiger partial charge < -0.3 is 19.3 Å². The molecule has 0 aromatic heterocycles. The molecule has 1 heterocycles. The van der Waals surface area contributed by atoms with E-state index in [1.165, 1.54) is 7.11 Å². The van der Waals surface area contributed by atoms with Crippen molar-refractivity contribution in [1.82, 2.24) is 0 Å². The Kier molecular flexibility index (Phi) is 4.47. The summed E-state index contributed by atoms with van der Waals surface area (Å²) in [5, 5.41) is 11.5. The molecule has 0 aromatic carbocycles. The van der Waals surface area contributed by atoms with E-state index in [9.17, 15) is 14.7 Å². The molecule has 10 atom stereocenters. The lowest BCUT2D eigenvalue weighted by atomic mass is 9.38. The van der Waals surface area contributed by atoms with Crippen LogP contribution in [0.4, 0.5) is 0 Å². The Morgan fingerprint density at radius 2 is 1.86 bits per heavy atom. The third kappa shape index (κ3) is 2.22. The van der Waals surface area contributed by atoms with Gasteiger partial charge in [-0.05, 0) is 36.2 Å². The molecule has 4 aliphatic rings. The molecule has 6 nitrogen and oxygen atoms in total. The second-order valence-electron chi connectivity index (χ2n) is 9.73. The lowest BCUT2D eigenvalue weighted by Crippen LogP contribution is -2.73. The molecule has 0 unspecified atom stereocenters. The van der Waals surface area contributed by atoms with Gasteiger partial charge >= 0.3 is 5.97 Å². The standard InChI is InChI=1S/C22H32O6/c1-10-7-14(26-5)20(25)22(4)12(10)8-15-21(3)13(9-16(23)28-15)11(2)18(27-6)17(24)19(21)22/h7,10-13,15,17-19,24H,8-9H2,1-6H3/t10-,11-,12-,13+,15-,17-,18+,19+,21-,22+/m1/s1. The van der Waals surface area contributed by atoms with Crippen molar-refractivity contribution in [2.75, 3.05) is 14.2 Å². The highest BCUT2D eigenvalue weighted by Crippen LogP contribution is 2.68. The summed E-state index contributed by atoms with van der Waals surface area (Å²) in [6.45, 7) is 8.20. The summed E-state index contributed by atoms with van der Waals surface area (Å²) in [5.41, 5.74) is -1.29. The number of ether oxygens (including phenoxy) is 3. The molecular formula is C22H32O6. The number of Topliss-reactive ketones (excluding diaryl/α,β-unsaturated/α-hetero) is 1. The van der Waals surface area contributed by atoms with Crippen LogP contribution in [-0.2, 0) is 23.8 Å². The largest absolute Gasteiger partial charge is 0.493 e. The summed E-state index contributed by atoms with van der Waals surface area (Å²) in [5.74, 6) is -0.213. The number of carbonyl (C=O) groups excluding carboxylic acids is 2. The van der Waals surface area contributed by atoms with Crippen molar-refractivity contribution in [3.8, 4) is 0 Å². The van der Waals surface area contributed by atoms with Crippen LogP contribution < -0.4 is 0 Å². The molecule has 0 aromatic rings. The molecule has 1 N–H and O–H groups in total. The number of fused-ring (bicyclic) bond motifs is 2. The Labute approximate surface area is 166 Å². The van der Waals surface area contributed by atoms with E-state index in [4.69, 9.17) is 14.2 Å². The normalized spacial score (nSPS) is 52.9. The third-order valence-corrected chi connectivity index (χ3v) is 8.79. The fourth-order valence-corrected chi connectivity index (χ4v) is 7.54. The maximum Gasteiger partial charge on any atom is 0.306 e.